The van der Waals surface area contributed by atoms with Gasteiger partial charge in [0.05, 0.1) is 11.1 Å². The van der Waals surface area contributed by atoms with E-state index in [1.807, 2.05) is 6.07 Å². The number of aromatic nitrogens is 2. The molecular formula is C19H17FN6O3S. The van der Waals surface area contributed by atoms with E-state index in [-0.39, 0.29) is 22.6 Å². The number of sulfonamides is 1. The second-order valence-electron chi connectivity index (χ2n) is 6.63. The quantitative estimate of drug-likeness (QED) is 0.490. The van der Waals surface area contributed by atoms with Gasteiger partial charge in [-0.3, -0.25) is 4.79 Å². The molecule has 154 valence electrons. The number of benzene rings is 2. The van der Waals surface area contributed by atoms with Gasteiger partial charge in [0.1, 0.15) is 0 Å². The van der Waals surface area contributed by atoms with Crippen LogP contribution in [0.1, 0.15) is 12.0 Å². The van der Waals surface area contributed by atoms with E-state index in [1.165, 1.54) is 18.2 Å². The standard InChI is InChI=1S/C19H17FN6O3S/c20-15-10-22-19(24-12-2-1-3-14(9-12)30(21,28)29)26-18(15)23-13-5-6-16-11(8-13)4-7-17(27)25-16/h1-3,5-6,8-10H,4,7H2,(H,25,27)(H2,21,28,29)(H2,22,23,24,26). The van der Waals surface area contributed by atoms with E-state index in [0.29, 0.717) is 24.2 Å². The van der Waals surface area contributed by atoms with Crippen molar-refractivity contribution in [1.82, 2.24) is 9.97 Å². The van der Waals surface area contributed by atoms with Gasteiger partial charge in [0.25, 0.3) is 0 Å². The van der Waals surface area contributed by atoms with Gasteiger partial charge in [-0.15, -0.1) is 0 Å². The van der Waals surface area contributed by atoms with Crippen LogP contribution in [-0.4, -0.2) is 24.3 Å². The molecule has 0 aliphatic carbocycles. The molecule has 0 unspecified atom stereocenters. The molecule has 0 atom stereocenters. The predicted molar refractivity (Wildman–Crippen MR) is 110 cm³/mol. The van der Waals surface area contributed by atoms with Gasteiger partial charge in [-0.05, 0) is 48.4 Å². The Bertz CT molecular complexity index is 1250. The number of nitrogens with one attached hydrogen (secondary N) is 3. The third-order valence-electron chi connectivity index (χ3n) is 4.43. The fraction of sp³-hybridized carbons (Fsp3) is 0.105. The smallest absolute Gasteiger partial charge is 0.238 e. The fourth-order valence-electron chi connectivity index (χ4n) is 2.99. The van der Waals surface area contributed by atoms with Crippen molar-refractivity contribution >= 4 is 44.8 Å². The number of hydrogen-bond acceptors (Lipinski definition) is 7. The lowest BCUT2D eigenvalue weighted by Crippen LogP contribution is -2.18. The summed E-state index contributed by atoms with van der Waals surface area (Å²) >= 11 is 0. The molecule has 0 fully saturated rings. The number of carbonyl (C=O) groups excluding carboxylic acids is 1. The lowest BCUT2D eigenvalue weighted by molar-refractivity contribution is -0.116. The van der Waals surface area contributed by atoms with Crippen molar-refractivity contribution in [1.29, 1.82) is 0 Å². The summed E-state index contributed by atoms with van der Waals surface area (Å²) in [4.78, 5) is 19.4. The van der Waals surface area contributed by atoms with Crippen LogP contribution in [0.2, 0.25) is 0 Å². The Labute approximate surface area is 171 Å². The highest BCUT2D eigenvalue weighted by Crippen LogP contribution is 2.28. The Morgan fingerprint density at radius 3 is 2.67 bits per heavy atom. The number of fused-ring (bicyclic) bond motifs is 1. The van der Waals surface area contributed by atoms with E-state index in [0.717, 1.165) is 17.4 Å². The number of rotatable bonds is 5. The maximum atomic E-state index is 14.2. The van der Waals surface area contributed by atoms with E-state index in [9.17, 15) is 17.6 Å². The Morgan fingerprint density at radius 1 is 1.07 bits per heavy atom. The molecule has 1 aliphatic heterocycles. The van der Waals surface area contributed by atoms with E-state index in [2.05, 4.69) is 25.9 Å². The van der Waals surface area contributed by atoms with Gasteiger partial charge >= 0.3 is 0 Å². The van der Waals surface area contributed by atoms with Crippen LogP contribution in [0.3, 0.4) is 0 Å². The molecule has 1 aromatic heterocycles. The Kier molecular flexibility index (Phi) is 5.06. The first-order valence-electron chi connectivity index (χ1n) is 8.90. The Hall–Kier alpha value is -3.57. The van der Waals surface area contributed by atoms with Crippen molar-refractivity contribution in [2.75, 3.05) is 16.0 Å². The molecule has 3 aromatic rings. The van der Waals surface area contributed by atoms with Crippen molar-refractivity contribution in [3.63, 3.8) is 0 Å². The number of carbonyl (C=O) groups is 1. The molecule has 0 saturated carbocycles. The summed E-state index contributed by atoms with van der Waals surface area (Å²) in [5, 5.41) is 13.7. The number of nitrogens with zero attached hydrogens (tertiary/aromatic N) is 2. The lowest BCUT2D eigenvalue weighted by atomic mass is 10.0. The van der Waals surface area contributed by atoms with Crippen molar-refractivity contribution in [2.45, 2.75) is 17.7 Å². The van der Waals surface area contributed by atoms with Gasteiger partial charge in [-0.25, -0.2) is 22.9 Å². The Balaban J connectivity index is 1.56. The molecule has 0 radical (unpaired) electrons. The zero-order valence-corrected chi connectivity index (χ0v) is 16.3. The van der Waals surface area contributed by atoms with Crippen LogP contribution in [0.5, 0.6) is 0 Å². The van der Waals surface area contributed by atoms with Crippen molar-refractivity contribution in [3.05, 3.63) is 60.0 Å². The summed E-state index contributed by atoms with van der Waals surface area (Å²) in [6.07, 6.45) is 1.99. The van der Waals surface area contributed by atoms with Crippen molar-refractivity contribution in [2.24, 2.45) is 5.14 Å². The minimum absolute atomic E-state index is 0.0349. The highest BCUT2D eigenvalue weighted by Gasteiger charge is 2.16. The molecule has 0 bridgehead atoms. The molecule has 0 saturated heterocycles. The number of halogens is 1. The van der Waals surface area contributed by atoms with Gasteiger partial charge in [0.15, 0.2) is 11.6 Å². The highest BCUT2D eigenvalue weighted by atomic mass is 32.2. The minimum Gasteiger partial charge on any atom is -0.338 e. The van der Waals surface area contributed by atoms with Gasteiger partial charge in [0, 0.05) is 23.5 Å². The third-order valence-corrected chi connectivity index (χ3v) is 5.34. The van der Waals surface area contributed by atoms with Crippen LogP contribution >= 0.6 is 0 Å². The second-order valence-corrected chi connectivity index (χ2v) is 8.19. The SMILES string of the molecule is NS(=O)(=O)c1cccc(Nc2ncc(F)c(Nc3ccc4c(c3)CCC(=O)N4)n2)c1. The van der Waals surface area contributed by atoms with Crippen LogP contribution in [0, 0.1) is 5.82 Å². The average Bonchev–Trinajstić information content (AvgIpc) is 2.70. The fourth-order valence-corrected chi connectivity index (χ4v) is 3.55. The van der Waals surface area contributed by atoms with E-state index >= 15 is 0 Å². The number of nitrogens with two attached hydrogens (primary N) is 1. The van der Waals surface area contributed by atoms with Crippen LogP contribution < -0.4 is 21.1 Å². The summed E-state index contributed by atoms with van der Waals surface area (Å²) < 4.78 is 37.2. The van der Waals surface area contributed by atoms with Crippen LogP contribution in [0.15, 0.2) is 53.6 Å². The molecule has 1 aliphatic rings. The van der Waals surface area contributed by atoms with Crippen LogP contribution in [0.4, 0.5) is 33.2 Å². The summed E-state index contributed by atoms with van der Waals surface area (Å²) in [7, 11) is -3.86. The first-order chi connectivity index (χ1) is 14.3. The molecule has 0 spiro atoms. The first-order valence-corrected chi connectivity index (χ1v) is 10.4. The van der Waals surface area contributed by atoms with Crippen LogP contribution in [-0.2, 0) is 21.2 Å². The maximum absolute atomic E-state index is 14.2. The second kappa shape index (κ2) is 7.69. The van der Waals surface area contributed by atoms with Crippen molar-refractivity contribution < 1.29 is 17.6 Å². The molecular weight excluding hydrogens is 411 g/mol. The zero-order valence-electron chi connectivity index (χ0n) is 15.5. The minimum atomic E-state index is -3.86. The number of amides is 1. The van der Waals surface area contributed by atoms with E-state index in [1.54, 1.807) is 18.2 Å². The van der Waals surface area contributed by atoms with Gasteiger partial charge < -0.3 is 16.0 Å². The van der Waals surface area contributed by atoms with E-state index in [4.69, 9.17) is 5.14 Å². The molecule has 5 N–H and O–H groups in total. The zero-order chi connectivity index (χ0) is 21.3. The van der Waals surface area contributed by atoms with Crippen molar-refractivity contribution in [3.8, 4) is 0 Å². The average molecular weight is 428 g/mol. The summed E-state index contributed by atoms with van der Waals surface area (Å²) in [5.41, 5.74) is 2.65. The van der Waals surface area contributed by atoms with Gasteiger partial charge in [0.2, 0.25) is 21.9 Å². The molecule has 4 rings (SSSR count). The lowest BCUT2D eigenvalue weighted by Gasteiger charge is -2.18. The monoisotopic (exact) mass is 428 g/mol. The van der Waals surface area contributed by atoms with Gasteiger partial charge in [-0.1, -0.05) is 6.07 Å². The molecule has 9 nitrogen and oxygen atoms in total. The molecule has 11 heteroatoms. The Morgan fingerprint density at radius 2 is 1.87 bits per heavy atom. The van der Waals surface area contributed by atoms with E-state index < -0.39 is 15.8 Å². The molecule has 2 aromatic carbocycles. The maximum Gasteiger partial charge on any atom is 0.238 e. The van der Waals surface area contributed by atoms with Gasteiger partial charge in [-0.2, -0.15) is 4.98 Å². The third kappa shape index (κ3) is 4.36. The number of anilines is 5. The highest BCUT2D eigenvalue weighted by molar-refractivity contribution is 7.89. The molecule has 1 amide bonds. The number of aryl methyl sites for hydroxylation is 1. The summed E-state index contributed by atoms with van der Waals surface area (Å²) in [5.74, 6) is -0.692. The number of hydrogen-bond donors (Lipinski definition) is 4. The number of primary sulfonamides is 1. The largest absolute Gasteiger partial charge is 0.338 e. The van der Waals surface area contributed by atoms with Crippen LogP contribution in [0.25, 0.3) is 0 Å². The first kappa shape index (κ1) is 19.7. The normalized spacial score (nSPS) is 13.3. The summed E-state index contributed by atoms with van der Waals surface area (Å²) in [6.45, 7) is 0. The molecule has 30 heavy (non-hydrogen) atoms. The predicted octanol–water partition coefficient (Wildman–Crippen LogP) is 2.63. The molecule has 2 heterocycles. The summed E-state index contributed by atoms with van der Waals surface area (Å²) in [6, 6.07) is 11.1. The topological polar surface area (TPSA) is 139 Å².